The first kappa shape index (κ1) is 14.6. The fourth-order valence-electron chi connectivity index (χ4n) is 2.07. The van der Waals surface area contributed by atoms with Crippen molar-refractivity contribution in [2.45, 2.75) is 23.9 Å². The first-order valence-electron chi connectivity index (χ1n) is 5.93. The SMILES string of the molecule is O=C1O[C@H]([C@H](O)CO)[C@H](O)[C@]1(O)C(=O)c1ccccc1. The molecule has 1 heterocycles. The van der Waals surface area contributed by atoms with Gasteiger partial charge in [-0.05, 0) is 0 Å². The van der Waals surface area contributed by atoms with E-state index >= 15 is 0 Å². The number of carbonyl (C=O) groups is 2. The largest absolute Gasteiger partial charge is 0.454 e. The minimum absolute atomic E-state index is 0.0186. The molecule has 0 bridgehead atoms. The van der Waals surface area contributed by atoms with Crippen LogP contribution in [0.4, 0.5) is 0 Å². The van der Waals surface area contributed by atoms with E-state index in [4.69, 9.17) is 5.11 Å². The van der Waals surface area contributed by atoms with Crippen molar-refractivity contribution in [2.75, 3.05) is 6.61 Å². The number of carbonyl (C=O) groups excluding carboxylic acids is 2. The molecule has 0 unspecified atom stereocenters. The molecule has 1 aliphatic heterocycles. The number of Topliss-reactive ketones (excluding diaryl/α,β-unsaturated/α-hetero) is 1. The lowest BCUT2D eigenvalue weighted by atomic mass is 9.86. The molecule has 0 aromatic heterocycles. The highest BCUT2D eigenvalue weighted by atomic mass is 16.6. The summed E-state index contributed by atoms with van der Waals surface area (Å²) in [5.41, 5.74) is -2.77. The summed E-state index contributed by atoms with van der Waals surface area (Å²) in [6.45, 7) is -0.787. The lowest BCUT2D eigenvalue weighted by molar-refractivity contribution is -0.154. The molecule has 0 spiro atoms. The first-order chi connectivity index (χ1) is 9.42. The van der Waals surface area contributed by atoms with Crippen molar-refractivity contribution in [3.63, 3.8) is 0 Å². The Kier molecular flexibility index (Phi) is 3.87. The fraction of sp³-hybridized carbons (Fsp3) is 0.385. The van der Waals surface area contributed by atoms with E-state index in [9.17, 15) is 24.9 Å². The molecule has 0 amide bonds. The Hall–Kier alpha value is -1.80. The molecule has 20 heavy (non-hydrogen) atoms. The molecule has 108 valence electrons. The second kappa shape index (κ2) is 5.29. The molecule has 7 nitrogen and oxygen atoms in total. The van der Waals surface area contributed by atoms with E-state index in [1.807, 2.05) is 0 Å². The lowest BCUT2D eigenvalue weighted by Gasteiger charge is -2.23. The molecule has 1 aliphatic rings. The van der Waals surface area contributed by atoms with Crippen LogP contribution >= 0.6 is 0 Å². The highest BCUT2D eigenvalue weighted by Gasteiger charge is 2.62. The zero-order valence-electron chi connectivity index (χ0n) is 10.3. The van der Waals surface area contributed by atoms with Crippen LogP contribution in [0.5, 0.6) is 0 Å². The van der Waals surface area contributed by atoms with E-state index < -0.39 is 42.3 Å². The van der Waals surface area contributed by atoms with Gasteiger partial charge in [0.15, 0.2) is 6.10 Å². The molecule has 0 aliphatic carbocycles. The van der Waals surface area contributed by atoms with Gasteiger partial charge in [0.25, 0.3) is 5.60 Å². The molecular weight excluding hydrogens is 268 g/mol. The molecule has 1 fully saturated rings. The molecule has 1 saturated heterocycles. The van der Waals surface area contributed by atoms with Crippen LogP contribution in [0.3, 0.4) is 0 Å². The summed E-state index contributed by atoms with van der Waals surface area (Å²) < 4.78 is 4.61. The fourth-order valence-corrected chi connectivity index (χ4v) is 2.07. The Balaban J connectivity index is 2.34. The van der Waals surface area contributed by atoms with Crippen molar-refractivity contribution in [1.29, 1.82) is 0 Å². The smallest absolute Gasteiger partial charge is 0.349 e. The molecule has 4 atom stereocenters. The van der Waals surface area contributed by atoms with Crippen molar-refractivity contribution < 1.29 is 34.8 Å². The maximum atomic E-state index is 12.2. The number of cyclic esters (lactones) is 1. The third-order valence-electron chi connectivity index (χ3n) is 3.24. The Morgan fingerprint density at radius 3 is 2.50 bits per heavy atom. The van der Waals surface area contributed by atoms with Gasteiger partial charge in [-0.25, -0.2) is 4.79 Å². The van der Waals surface area contributed by atoms with Gasteiger partial charge in [-0.2, -0.15) is 0 Å². The van der Waals surface area contributed by atoms with Crippen molar-refractivity contribution >= 4 is 11.8 Å². The van der Waals surface area contributed by atoms with Gasteiger partial charge in [0, 0.05) is 5.56 Å². The standard InChI is InChI=1S/C13H14O7/c14-6-8(15)9-11(17)13(19,12(18)20-9)10(16)7-4-2-1-3-5-7/h1-5,8-9,11,14-15,17,19H,6H2/t8-,9-,11+,13-/m1/s1. The average molecular weight is 282 g/mol. The number of benzene rings is 1. The van der Waals surface area contributed by atoms with Crippen LogP contribution < -0.4 is 0 Å². The quantitative estimate of drug-likeness (QED) is 0.293. The normalized spacial score (nSPS) is 30.9. The molecule has 4 N–H and O–H groups in total. The van der Waals surface area contributed by atoms with Crippen LogP contribution in [-0.4, -0.2) is 62.7 Å². The van der Waals surface area contributed by atoms with Crippen LogP contribution in [-0.2, 0) is 9.53 Å². The third kappa shape index (κ3) is 2.10. The van der Waals surface area contributed by atoms with Crippen LogP contribution in [0.25, 0.3) is 0 Å². The molecule has 7 heteroatoms. The zero-order chi connectivity index (χ0) is 14.9. The summed E-state index contributed by atoms with van der Waals surface area (Å²) >= 11 is 0. The minimum Gasteiger partial charge on any atom is -0.454 e. The van der Waals surface area contributed by atoms with Crippen molar-refractivity contribution in [1.82, 2.24) is 0 Å². The highest BCUT2D eigenvalue weighted by molar-refractivity contribution is 6.16. The third-order valence-corrected chi connectivity index (χ3v) is 3.24. The minimum atomic E-state index is -2.79. The molecule has 0 saturated carbocycles. The molecule has 1 aromatic carbocycles. The summed E-state index contributed by atoms with van der Waals surface area (Å²) in [6.07, 6.45) is -5.12. The number of rotatable bonds is 4. The Labute approximate surface area is 114 Å². The van der Waals surface area contributed by atoms with Crippen molar-refractivity contribution in [3.8, 4) is 0 Å². The highest BCUT2D eigenvalue weighted by Crippen LogP contribution is 2.31. The molecular formula is C13H14O7. The molecule has 1 aromatic rings. The van der Waals surface area contributed by atoms with E-state index in [-0.39, 0.29) is 5.56 Å². The number of aliphatic hydroxyl groups excluding tert-OH is 3. The zero-order valence-corrected chi connectivity index (χ0v) is 10.3. The second-order valence-corrected chi connectivity index (χ2v) is 4.53. The van der Waals surface area contributed by atoms with Crippen molar-refractivity contribution in [2.24, 2.45) is 0 Å². The Morgan fingerprint density at radius 1 is 1.35 bits per heavy atom. The van der Waals surface area contributed by atoms with E-state index in [0.717, 1.165) is 0 Å². The van der Waals surface area contributed by atoms with Crippen LogP contribution in [0.1, 0.15) is 10.4 Å². The predicted octanol–water partition coefficient (Wildman–Crippen LogP) is -1.76. The maximum Gasteiger partial charge on any atom is 0.349 e. The topological polar surface area (TPSA) is 124 Å². The lowest BCUT2D eigenvalue weighted by Crippen LogP contribution is -2.54. The van der Waals surface area contributed by atoms with Gasteiger partial charge in [-0.3, -0.25) is 4.79 Å². The van der Waals surface area contributed by atoms with E-state index in [2.05, 4.69) is 4.74 Å². The Morgan fingerprint density at radius 2 is 1.95 bits per heavy atom. The van der Waals surface area contributed by atoms with Crippen LogP contribution in [0.15, 0.2) is 30.3 Å². The van der Waals surface area contributed by atoms with Gasteiger partial charge in [-0.15, -0.1) is 0 Å². The van der Waals surface area contributed by atoms with E-state index in [1.165, 1.54) is 24.3 Å². The van der Waals surface area contributed by atoms with Crippen molar-refractivity contribution in [3.05, 3.63) is 35.9 Å². The van der Waals surface area contributed by atoms with E-state index in [1.54, 1.807) is 6.07 Å². The summed E-state index contributed by atoms with van der Waals surface area (Å²) in [5.74, 6) is -2.38. The summed E-state index contributed by atoms with van der Waals surface area (Å²) in [7, 11) is 0. The monoisotopic (exact) mass is 282 g/mol. The van der Waals surface area contributed by atoms with Crippen LogP contribution in [0.2, 0.25) is 0 Å². The van der Waals surface area contributed by atoms with Crippen LogP contribution in [0, 0.1) is 0 Å². The van der Waals surface area contributed by atoms with Gasteiger partial charge in [0.1, 0.15) is 12.2 Å². The average Bonchev–Trinajstić information content (AvgIpc) is 2.71. The number of ketones is 1. The van der Waals surface area contributed by atoms with Gasteiger partial charge in [0.05, 0.1) is 6.61 Å². The van der Waals surface area contributed by atoms with Gasteiger partial charge in [0.2, 0.25) is 5.78 Å². The second-order valence-electron chi connectivity index (χ2n) is 4.53. The predicted molar refractivity (Wildman–Crippen MR) is 64.7 cm³/mol. The number of hydrogen-bond acceptors (Lipinski definition) is 7. The molecule has 2 rings (SSSR count). The number of aliphatic hydroxyl groups is 4. The maximum absolute atomic E-state index is 12.2. The van der Waals surface area contributed by atoms with E-state index in [0.29, 0.717) is 0 Å². The summed E-state index contributed by atoms with van der Waals surface area (Å²) in [4.78, 5) is 23.9. The van der Waals surface area contributed by atoms with Gasteiger partial charge < -0.3 is 25.2 Å². The summed E-state index contributed by atoms with van der Waals surface area (Å²) in [6, 6.07) is 7.45. The Bertz CT molecular complexity index is 515. The summed E-state index contributed by atoms with van der Waals surface area (Å²) in [5, 5.41) is 38.3. The first-order valence-corrected chi connectivity index (χ1v) is 5.93. The van der Waals surface area contributed by atoms with Gasteiger partial charge >= 0.3 is 5.97 Å². The van der Waals surface area contributed by atoms with Gasteiger partial charge in [-0.1, -0.05) is 30.3 Å². The number of hydrogen-bond donors (Lipinski definition) is 4. The number of ether oxygens (including phenoxy) is 1. The molecule has 0 radical (unpaired) electrons. The number of esters is 1.